The summed E-state index contributed by atoms with van der Waals surface area (Å²) < 4.78 is 44.1. The molecule has 8 heteroatoms. The van der Waals surface area contributed by atoms with Crippen LogP contribution in [0.15, 0.2) is 29.1 Å². The highest BCUT2D eigenvalue weighted by Gasteiger charge is 2.30. The maximum Gasteiger partial charge on any atom is 0.416 e. The third-order valence-electron chi connectivity index (χ3n) is 4.65. The molecule has 0 bridgehead atoms. The van der Waals surface area contributed by atoms with Gasteiger partial charge in [-0.1, -0.05) is 30.7 Å². The van der Waals surface area contributed by atoms with E-state index in [1.54, 1.807) is 6.92 Å². The van der Waals surface area contributed by atoms with Crippen LogP contribution >= 0.6 is 11.3 Å². The first-order valence-corrected chi connectivity index (χ1v) is 10.6. The lowest BCUT2D eigenvalue weighted by Crippen LogP contribution is -2.25. The molecule has 29 heavy (non-hydrogen) atoms. The first-order valence-electron chi connectivity index (χ1n) is 9.82. The Morgan fingerprint density at radius 1 is 1.10 bits per heavy atom. The first-order chi connectivity index (χ1) is 13.8. The van der Waals surface area contributed by atoms with Crippen LogP contribution in [0.2, 0.25) is 0 Å². The molecule has 1 aromatic heterocycles. The number of hydrogen-bond acceptors (Lipinski definition) is 5. The normalized spacial score (nSPS) is 11.6. The van der Waals surface area contributed by atoms with Gasteiger partial charge in [-0.2, -0.15) is 13.2 Å². The number of halogens is 3. The van der Waals surface area contributed by atoms with Gasteiger partial charge in [-0.3, -0.25) is 9.59 Å². The zero-order valence-corrected chi connectivity index (χ0v) is 17.5. The van der Waals surface area contributed by atoms with E-state index in [2.05, 4.69) is 0 Å². The molecule has 0 saturated heterocycles. The highest BCUT2D eigenvalue weighted by molar-refractivity contribution is 7.16. The molecule has 0 aliphatic rings. The number of benzene rings is 1. The number of esters is 1. The van der Waals surface area contributed by atoms with Gasteiger partial charge in [0.15, 0.2) is 0 Å². The average molecular weight is 430 g/mol. The van der Waals surface area contributed by atoms with Crippen LogP contribution in [0.25, 0.3) is 10.1 Å². The lowest BCUT2D eigenvalue weighted by Gasteiger charge is -2.24. The van der Waals surface area contributed by atoms with Gasteiger partial charge in [0, 0.05) is 35.7 Å². The number of ether oxygens (including phenoxy) is 1. The Bertz CT molecular complexity index is 880. The van der Waals surface area contributed by atoms with E-state index in [1.165, 1.54) is 12.1 Å². The predicted molar refractivity (Wildman–Crippen MR) is 111 cm³/mol. The van der Waals surface area contributed by atoms with Gasteiger partial charge < -0.3 is 9.64 Å². The third kappa shape index (κ3) is 6.73. The van der Waals surface area contributed by atoms with E-state index in [9.17, 15) is 22.8 Å². The van der Waals surface area contributed by atoms with Gasteiger partial charge in [0.05, 0.1) is 17.9 Å². The Morgan fingerprint density at radius 3 is 2.48 bits per heavy atom. The fraction of sp³-hybridized carbons (Fsp3) is 0.524. The van der Waals surface area contributed by atoms with Crippen molar-refractivity contribution in [1.29, 1.82) is 0 Å². The quantitative estimate of drug-likeness (QED) is 0.363. The van der Waals surface area contributed by atoms with Crippen LogP contribution in [-0.2, 0) is 15.7 Å². The van der Waals surface area contributed by atoms with E-state index >= 15 is 0 Å². The van der Waals surface area contributed by atoms with Gasteiger partial charge in [-0.25, -0.2) is 0 Å². The molecule has 0 amide bonds. The van der Waals surface area contributed by atoms with Crippen LogP contribution in [0.1, 0.15) is 51.5 Å². The van der Waals surface area contributed by atoms with E-state index in [4.69, 9.17) is 4.74 Å². The van der Waals surface area contributed by atoms with Crippen LogP contribution in [0.4, 0.5) is 18.9 Å². The van der Waals surface area contributed by atoms with Gasteiger partial charge in [0.25, 0.3) is 0 Å². The van der Waals surface area contributed by atoms with Crippen molar-refractivity contribution in [1.82, 2.24) is 0 Å². The van der Waals surface area contributed by atoms with E-state index in [0.717, 1.165) is 49.2 Å². The Labute approximate surface area is 172 Å². The molecular weight excluding hydrogens is 403 g/mol. The second kappa shape index (κ2) is 10.6. The molecule has 0 radical (unpaired) electrons. The topological polar surface area (TPSA) is 46.6 Å². The van der Waals surface area contributed by atoms with E-state index in [1.807, 2.05) is 11.8 Å². The molecule has 0 fully saturated rings. The molecule has 0 aliphatic heterocycles. The van der Waals surface area contributed by atoms with Crippen LogP contribution in [0.5, 0.6) is 0 Å². The fourth-order valence-corrected chi connectivity index (χ4v) is 3.93. The van der Waals surface area contributed by atoms with Crippen molar-refractivity contribution < 1.29 is 22.7 Å². The molecule has 160 valence electrons. The molecule has 2 rings (SSSR count). The molecule has 0 aliphatic carbocycles. The summed E-state index contributed by atoms with van der Waals surface area (Å²) in [5.41, 5.74) is -0.0681. The third-order valence-corrected chi connectivity index (χ3v) is 5.52. The zero-order valence-electron chi connectivity index (χ0n) is 16.7. The van der Waals surface area contributed by atoms with Gasteiger partial charge in [-0.05, 0) is 38.3 Å². The van der Waals surface area contributed by atoms with Crippen LogP contribution in [0.3, 0.4) is 0 Å². The van der Waals surface area contributed by atoms with Crippen molar-refractivity contribution in [3.8, 4) is 0 Å². The summed E-state index contributed by atoms with van der Waals surface area (Å²) >= 11 is 0.832. The summed E-state index contributed by atoms with van der Waals surface area (Å²) in [4.78, 5) is 25.2. The van der Waals surface area contributed by atoms with Crippen molar-refractivity contribution in [3.05, 3.63) is 39.4 Å². The monoisotopic (exact) mass is 429 g/mol. The number of carbonyl (C=O) groups excluding carboxylic acids is 1. The summed E-state index contributed by atoms with van der Waals surface area (Å²) in [6.07, 6.45) is -0.508. The Kier molecular flexibility index (Phi) is 8.49. The molecule has 0 N–H and O–H groups in total. The van der Waals surface area contributed by atoms with Gasteiger partial charge >= 0.3 is 12.1 Å². The molecule has 0 unspecified atom stereocenters. The number of hydrogen-bond donors (Lipinski definition) is 0. The van der Waals surface area contributed by atoms with Gasteiger partial charge in [0.1, 0.15) is 0 Å². The Hall–Kier alpha value is -2.09. The van der Waals surface area contributed by atoms with E-state index in [-0.39, 0.29) is 10.7 Å². The zero-order chi connectivity index (χ0) is 21.4. The van der Waals surface area contributed by atoms with Crippen molar-refractivity contribution in [2.24, 2.45) is 0 Å². The molecule has 1 aromatic carbocycles. The van der Waals surface area contributed by atoms with Crippen molar-refractivity contribution >= 4 is 33.1 Å². The largest absolute Gasteiger partial charge is 0.466 e. The molecular formula is C21H26F3NO3S. The SMILES string of the molecule is CCC(=O)OCCCCCCN(CC)c1cc(=O)sc2cc(C(F)(F)F)ccc12. The van der Waals surface area contributed by atoms with Crippen molar-refractivity contribution in [3.63, 3.8) is 0 Å². The number of carbonyl (C=O) groups is 1. The summed E-state index contributed by atoms with van der Waals surface area (Å²) in [5, 5.41) is 0.663. The van der Waals surface area contributed by atoms with Gasteiger partial charge in [0.2, 0.25) is 4.74 Å². The molecule has 1 heterocycles. The second-order valence-corrected chi connectivity index (χ2v) is 7.77. The van der Waals surface area contributed by atoms with E-state index in [0.29, 0.717) is 41.9 Å². The Morgan fingerprint density at radius 2 is 1.83 bits per heavy atom. The number of anilines is 1. The molecule has 0 atom stereocenters. The number of fused-ring (bicyclic) bond motifs is 1. The summed E-state index contributed by atoms with van der Waals surface area (Å²) in [7, 11) is 0. The molecule has 0 spiro atoms. The fourth-order valence-electron chi connectivity index (χ4n) is 3.08. The number of rotatable bonds is 10. The standard InChI is InChI=1S/C21H26F3NO3S/c1-3-19(26)28-12-8-6-5-7-11-25(4-2)17-14-20(27)29-18-13-15(21(22,23)24)9-10-16(17)18/h9-10,13-14H,3-8,11-12H2,1-2H3. The van der Waals surface area contributed by atoms with Crippen molar-refractivity contribution in [2.45, 2.75) is 52.1 Å². The number of alkyl halides is 3. The van der Waals surface area contributed by atoms with Crippen LogP contribution in [0, 0.1) is 0 Å². The molecule has 0 saturated carbocycles. The van der Waals surface area contributed by atoms with Crippen LogP contribution < -0.4 is 9.64 Å². The highest BCUT2D eigenvalue weighted by Crippen LogP contribution is 2.35. The second-order valence-electron chi connectivity index (χ2n) is 6.73. The van der Waals surface area contributed by atoms with Gasteiger partial charge in [-0.15, -0.1) is 0 Å². The minimum absolute atomic E-state index is 0.193. The molecule has 4 nitrogen and oxygen atoms in total. The Balaban J connectivity index is 2.03. The van der Waals surface area contributed by atoms with Crippen LogP contribution in [-0.4, -0.2) is 25.7 Å². The smallest absolute Gasteiger partial charge is 0.416 e. The molecule has 2 aromatic rings. The summed E-state index contributed by atoms with van der Waals surface area (Å²) in [5.74, 6) is -0.193. The summed E-state index contributed by atoms with van der Waals surface area (Å²) in [6.45, 7) is 5.50. The minimum Gasteiger partial charge on any atom is -0.466 e. The minimum atomic E-state index is -4.43. The predicted octanol–water partition coefficient (Wildman–Crippen LogP) is 5.62. The lowest BCUT2D eigenvalue weighted by atomic mass is 10.1. The first kappa shape index (κ1) is 23.2. The van der Waals surface area contributed by atoms with E-state index < -0.39 is 11.7 Å². The number of unbranched alkanes of at least 4 members (excludes halogenated alkanes) is 3. The lowest BCUT2D eigenvalue weighted by molar-refractivity contribution is -0.143. The average Bonchev–Trinajstić information content (AvgIpc) is 2.68. The van der Waals surface area contributed by atoms with Crippen molar-refractivity contribution in [2.75, 3.05) is 24.6 Å². The maximum atomic E-state index is 13.0. The maximum absolute atomic E-state index is 13.0. The highest BCUT2D eigenvalue weighted by atomic mass is 32.1. The number of nitrogens with zero attached hydrogens (tertiary/aromatic N) is 1. The summed E-state index contributed by atoms with van der Waals surface area (Å²) in [6, 6.07) is 5.08.